The summed E-state index contributed by atoms with van der Waals surface area (Å²) in [6, 6.07) is 15.8. The molecule has 84 valence electrons. The molecule has 0 radical (unpaired) electrons. The summed E-state index contributed by atoms with van der Waals surface area (Å²) < 4.78 is 0. The normalized spacial score (nSPS) is 9.65. The molecule has 2 rings (SSSR count). The number of pyridine rings is 1. The van der Waals surface area contributed by atoms with Crippen LogP contribution in [0.2, 0.25) is 0 Å². The first-order valence-corrected chi connectivity index (χ1v) is 5.54. The monoisotopic (exact) mass is 223 g/mol. The van der Waals surface area contributed by atoms with Gasteiger partial charge < -0.3 is 4.90 Å². The molecule has 0 aliphatic carbocycles. The van der Waals surface area contributed by atoms with Crippen molar-refractivity contribution in [1.82, 2.24) is 4.98 Å². The molecule has 3 nitrogen and oxygen atoms in total. The molecule has 2 aromatic rings. The van der Waals surface area contributed by atoms with E-state index in [0.717, 1.165) is 17.9 Å². The van der Waals surface area contributed by atoms with E-state index in [1.807, 2.05) is 30.3 Å². The van der Waals surface area contributed by atoms with Gasteiger partial charge in [0.05, 0.1) is 11.9 Å². The third-order valence-electron chi connectivity index (χ3n) is 2.56. The van der Waals surface area contributed by atoms with Crippen LogP contribution in [0, 0.1) is 11.3 Å². The largest absolute Gasteiger partial charge is 0.341 e. The highest BCUT2D eigenvalue weighted by molar-refractivity contribution is 5.62. The van der Waals surface area contributed by atoms with E-state index >= 15 is 0 Å². The van der Waals surface area contributed by atoms with Crippen molar-refractivity contribution in [3.8, 4) is 6.07 Å². The number of nitriles is 1. The molecule has 0 saturated heterocycles. The predicted octanol–water partition coefficient (Wildman–Crippen LogP) is 3.11. The average Bonchev–Trinajstić information content (AvgIpc) is 2.42. The van der Waals surface area contributed by atoms with Gasteiger partial charge in [-0.05, 0) is 31.2 Å². The minimum Gasteiger partial charge on any atom is -0.341 e. The van der Waals surface area contributed by atoms with Crippen LogP contribution >= 0.6 is 0 Å². The Morgan fingerprint density at radius 3 is 2.41 bits per heavy atom. The molecule has 0 bridgehead atoms. The Hall–Kier alpha value is -2.34. The summed E-state index contributed by atoms with van der Waals surface area (Å²) >= 11 is 0. The van der Waals surface area contributed by atoms with Gasteiger partial charge in [-0.1, -0.05) is 18.2 Å². The van der Waals surface area contributed by atoms with Crippen molar-refractivity contribution in [2.75, 3.05) is 11.4 Å². The number of hydrogen-bond donors (Lipinski definition) is 0. The molecule has 17 heavy (non-hydrogen) atoms. The lowest BCUT2D eigenvalue weighted by molar-refractivity contribution is 1.01. The Morgan fingerprint density at radius 2 is 1.88 bits per heavy atom. The fourth-order valence-corrected chi connectivity index (χ4v) is 1.73. The number of para-hydroxylation sites is 1. The maximum absolute atomic E-state index is 8.72. The lowest BCUT2D eigenvalue weighted by atomic mass is 10.2. The molecule has 0 aliphatic rings. The molecular formula is C14H13N3. The van der Waals surface area contributed by atoms with Gasteiger partial charge in [-0.2, -0.15) is 5.26 Å². The van der Waals surface area contributed by atoms with Crippen LogP contribution in [0.3, 0.4) is 0 Å². The van der Waals surface area contributed by atoms with Crippen LogP contribution in [0.25, 0.3) is 0 Å². The van der Waals surface area contributed by atoms with Gasteiger partial charge in [-0.25, -0.2) is 4.98 Å². The molecule has 0 spiro atoms. The zero-order valence-corrected chi connectivity index (χ0v) is 9.67. The van der Waals surface area contributed by atoms with Gasteiger partial charge >= 0.3 is 0 Å². The predicted molar refractivity (Wildman–Crippen MR) is 68.1 cm³/mol. The number of nitrogens with zero attached hydrogens (tertiary/aromatic N) is 3. The lowest BCUT2D eigenvalue weighted by Gasteiger charge is -2.22. The summed E-state index contributed by atoms with van der Waals surface area (Å²) in [6.07, 6.45) is 1.73. The van der Waals surface area contributed by atoms with Crippen LogP contribution in [0.15, 0.2) is 48.7 Å². The standard InChI is InChI=1S/C14H13N3/c1-2-17(13-6-4-3-5-7-13)14-9-8-12(10-15)16-11-14/h3-9,11H,2H2,1H3. The second kappa shape index (κ2) is 5.13. The fourth-order valence-electron chi connectivity index (χ4n) is 1.73. The van der Waals surface area contributed by atoms with Crippen LogP contribution in [0.1, 0.15) is 12.6 Å². The summed E-state index contributed by atoms with van der Waals surface area (Å²) in [4.78, 5) is 6.24. The fraction of sp³-hybridized carbons (Fsp3) is 0.143. The minimum atomic E-state index is 0.442. The first-order chi connectivity index (χ1) is 8.35. The molecule has 0 unspecified atom stereocenters. The zero-order chi connectivity index (χ0) is 12.1. The van der Waals surface area contributed by atoms with Crippen molar-refractivity contribution in [1.29, 1.82) is 5.26 Å². The molecule has 3 heteroatoms. The summed E-state index contributed by atoms with van der Waals surface area (Å²) in [5.41, 5.74) is 2.57. The maximum atomic E-state index is 8.72. The number of rotatable bonds is 3. The molecule has 0 N–H and O–H groups in total. The second-order valence-corrected chi connectivity index (χ2v) is 3.59. The van der Waals surface area contributed by atoms with Gasteiger partial charge in [-0.3, -0.25) is 0 Å². The SMILES string of the molecule is CCN(c1ccccc1)c1ccc(C#N)nc1. The molecule has 1 heterocycles. The van der Waals surface area contributed by atoms with E-state index in [1.165, 1.54) is 0 Å². The number of anilines is 2. The van der Waals surface area contributed by atoms with Crippen LogP contribution in [-0.2, 0) is 0 Å². The Kier molecular flexibility index (Phi) is 3.37. The van der Waals surface area contributed by atoms with Gasteiger partial charge in [0.25, 0.3) is 0 Å². The number of aromatic nitrogens is 1. The minimum absolute atomic E-state index is 0.442. The van der Waals surface area contributed by atoms with E-state index < -0.39 is 0 Å². The highest BCUT2D eigenvalue weighted by Crippen LogP contribution is 2.23. The topological polar surface area (TPSA) is 39.9 Å². The van der Waals surface area contributed by atoms with Crippen molar-refractivity contribution in [2.45, 2.75) is 6.92 Å². The lowest BCUT2D eigenvalue weighted by Crippen LogP contribution is -2.15. The first kappa shape index (κ1) is 11.2. The molecule has 1 aromatic heterocycles. The highest BCUT2D eigenvalue weighted by atomic mass is 15.1. The first-order valence-electron chi connectivity index (χ1n) is 5.54. The van der Waals surface area contributed by atoms with Crippen LogP contribution < -0.4 is 4.90 Å². The Labute approximate surface area is 101 Å². The highest BCUT2D eigenvalue weighted by Gasteiger charge is 2.06. The Balaban J connectivity index is 2.33. The van der Waals surface area contributed by atoms with Crippen LogP contribution in [-0.4, -0.2) is 11.5 Å². The summed E-state index contributed by atoms with van der Waals surface area (Å²) in [6.45, 7) is 2.95. The molecule has 1 aromatic carbocycles. The average molecular weight is 223 g/mol. The van der Waals surface area contributed by atoms with Crippen molar-refractivity contribution in [2.24, 2.45) is 0 Å². The van der Waals surface area contributed by atoms with Crippen molar-refractivity contribution < 1.29 is 0 Å². The molecular weight excluding hydrogens is 210 g/mol. The van der Waals surface area contributed by atoms with Gasteiger partial charge in [0, 0.05) is 12.2 Å². The summed E-state index contributed by atoms with van der Waals surface area (Å²) in [7, 11) is 0. The van der Waals surface area contributed by atoms with E-state index in [1.54, 1.807) is 12.3 Å². The van der Waals surface area contributed by atoms with E-state index in [-0.39, 0.29) is 0 Å². The van der Waals surface area contributed by atoms with E-state index in [4.69, 9.17) is 5.26 Å². The zero-order valence-electron chi connectivity index (χ0n) is 9.67. The third kappa shape index (κ3) is 2.43. The Bertz CT molecular complexity index is 511. The van der Waals surface area contributed by atoms with Crippen molar-refractivity contribution >= 4 is 11.4 Å². The number of benzene rings is 1. The molecule has 0 aliphatic heterocycles. The Morgan fingerprint density at radius 1 is 1.12 bits per heavy atom. The molecule has 0 saturated carbocycles. The smallest absolute Gasteiger partial charge is 0.140 e. The summed E-state index contributed by atoms with van der Waals surface area (Å²) in [5.74, 6) is 0. The van der Waals surface area contributed by atoms with E-state index in [9.17, 15) is 0 Å². The molecule has 0 atom stereocenters. The van der Waals surface area contributed by atoms with E-state index in [2.05, 4.69) is 28.9 Å². The van der Waals surface area contributed by atoms with Crippen molar-refractivity contribution in [3.05, 3.63) is 54.4 Å². The van der Waals surface area contributed by atoms with Crippen LogP contribution in [0.4, 0.5) is 11.4 Å². The van der Waals surface area contributed by atoms with Gasteiger partial charge in [-0.15, -0.1) is 0 Å². The third-order valence-corrected chi connectivity index (χ3v) is 2.56. The van der Waals surface area contributed by atoms with Crippen LogP contribution in [0.5, 0.6) is 0 Å². The van der Waals surface area contributed by atoms with Gasteiger partial charge in [0.15, 0.2) is 0 Å². The quantitative estimate of drug-likeness (QED) is 0.802. The van der Waals surface area contributed by atoms with Gasteiger partial charge in [0.2, 0.25) is 0 Å². The number of hydrogen-bond acceptors (Lipinski definition) is 3. The molecule has 0 amide bonds. The summed E-state index contributed by atoms with van der Waals surface area (Å²) in [5, 5.41) is 8.72. The van der Waals surface area contributed by atoms with E-state index in [0.29, 0.717) is 5.69 Å². The van der Waals surface area contributed by atoms with Crippen molar-refractivity contribution in [3.63, 3.8) is 0 Å². The second-order valence-electron chi connectivity index (χ2n) is 3.59. The van der Waals surface area contributed by atoms with Gasteiger partial charge in [0.1, 0.15) is 11.8 Å². The maximum Gasteiger partial charge on any atom is 0.140 e. The molecule has 0 fully saturated rings.